The lowest BCUT2D eigenvalue weighted by atomic mass is 10.1. The Morgan fingerprint density at radius 3 is 2.94 bits per heavy atom. The van der Waals surface area contributed by atoms with E-state index in [0.29, 0.717) is 6.54 Å². The second-order valence-electron chi connectivity index (χ2n) is 3.93. The van der Waals surface area contributed by atoms with Gasteiger partial charge >= 0.3 is 5.97 Å². The molecule has 1 rings (SSSR count). The Hall–Kier alpha value is -2.28. The van der Waals surface area contributed by atoms with Crippen LogP contribution in [-0.2, 0) is 14.4 Å². The smallest absolute Gasteiger partial charge is 0.322 e. The number of rotatable bonds is 6. The molecule has 0 saturated carbocycles. The van der Waals surface area contributed by atoms with E-state index in [9.17, 15) is 14.4 Å². The van der Waals surface area contributed by atoms with Crippen LogP contribution < -0.4 is 5.32 Å². The number of hydrogen-bond donors (Lipinski definition) is 2. The Bertz CT molecular complexity index is 404. The zero-order valence-electron chi connectivity index (χ0n) is 9.57. The van der Waals surface area contributed by atoms with Crippen molar-refractivity contribution in [3.63, 3.8) is 0 Å². The average molecular weight is 255 g/mol. The number of hydrogen-bond acceptors (Lipinski definition) is 4. The molecule has 1 atom stereocenters. The number of nitrogens with zero attached hydrogens (tertiary/aromatic N) is 4. The number of nitrogens with one attached hydrogen (secondary N) is 1. The van der Waals surface area contributed by atoms with E-state index in [-0.39, 0.29) is 31.3 Å². The first-order chi connectivity index (χ1) is 8.52. The molecule has 1 heterocycles. The molecule has 2 amide bonds. The van der Waals surface area contributed by atoms with Crippen LogP contribution in [0.1, 0.15) is 6.42 Å². The summed E-state index contributed by atoms with van der Waals surface area (Å²) in [7, 11) is 0. The maximum absolute atomic E-state index is 11.5. The fourth-order valence-electron chi connectivity index (χ4n) is 1.68. The van der Waals surface area contributed by atoms with Crippen LogP contribution in [0.15, 0.2) is 5.11 Å². The van der Waals surface area contributed by atoms with Crippen LogP contribution in [0.2, 0.25) is 0 Å². The summed E-state index contributed by atoms with van der Waals surface area (Å²) in [5.41, 5.74) is 8.17. The SMILES string of the molecule is [N-]=[N+]=NCC1CC(=O)N(CC(=O)NCC(=O)O)C1. The van der Waals surface area contributed by atoms with Gasteiger partial charge in [0, 0.05) is 24.4 Å². The number of carboxylic acid groups (broad SMARTS) is 1. The van der Waals surface area contributed by atoms with E-state index in [1.165, 1.54) is 4.90 Å². The number of carbonyl (C=O) groups excluding carboxylic acids is 2. The predicted octanol–water partition coefficient (Wildman–Crippen LogP) is -0.654. The first kappa shape index (κ1) is 13.8. The molecule has 0 spiro atoms. The Morgan fingerprint density at radius 2 is 2.33 bits per heavy atom. The number of carbonyl (C=O) groups is 3. The van der Waals surface area contributed by atoms with Gasteiger partial charge in [0.25, 0.3) is 0 Å². The maximum atomic E-state index is 11.5. The van der Waals surface area contributed by atoms with Gasteiger partial charge in [-0.2, -0.15) is 0 Å². The van der Waals surface area contributed by atoms with Crippen molar-refractivity contribution in [2.45, 2.75) is 6.42 Å². The van der Waals surface area contributed by atoms with Crippen LogP contribution in [0.4, 0.5) is 0 Å². The fourth-order valence-corrected chi connectivity index (χ4v) is 1.68. The maximum Gasteiger partial charge on any atom is 0.322 e. The normalized spacial score (nSPS) is 18.3. The minimum Gasteiger partial charge on any atom is -0.480 e. The van der Waals surface area contributed by atoms with Crippen LogP contribution >= 0.6 is 0 Å². The minimum absolute atomic E-state index is 0.0827. The lowest BCUT2D eigenvalue weighted by molar-refractivity contribution is -0.138. The second kappa shape index (κ2) is 6.45. The molecule has 0 bridgehead atoms. The summed E-state index contributed by atoms with van der Waals surface area (Å²) in [5.74, 6) is -1.94. The third-order valence-corrected chi connectivity index (χ3v) is 2.47. The summed E-state index contributed by atoms with van der Waals surface area (Å²) in [4.78, 5) is 37.0. The van der Waals surface area contributed by atoms with Crippen molar-refractivity contribution in [1.82, 2.24) is 10.2 Å². The Labute approximate surface area is 102 Å². The lowest BCUT2D eigenvalue weighted by Crippen LogP contribution is -2.40. The molecule has 0 aromatic heterocycles. The van der Waals surface area contributed by atoms with Crippen LogP contribution in [-0.4, -0.2) is 54.0 Å². The number of azide groups is 1. The number of amides is 2. The third kappa shape index (κ3) is 4.30. The van der Waals surface area contributed by atoms with Gasteiger partial charge in [0.2, 0.25) is 11.8 Å². The van der Waals surface area contributed by atoms with Crippen molar-refractivity contribution in [3.8, 4) is 0 Å². The molecule has 1 fully saturated rings. The Balaban J connectivity index is 2.38. The predicted molar refractivity (Wildman–Crippen MR) is 59.3 cm³/mol. The summed E-state index contributed by atoms with van der Waals surface area (Å²) in [6, 6.07) is 0. The van der Waals surface area contributed by atoms with Crippen molar-refractivity contribution in [2.75, 3.05) is 26.2 Å². The van der Waals surface area contributed by atoms with E-state index in [2.05, 4.69) is 15.3 Å². The number of aliphatic carboxylic acids is 1. The summed E-state index contributed by atoms with van der Waals surface area (Å²) in [6.45, 7) is -0.0737. The van der Waals surface area contributed by atoms with Gasteiger partial charge in [0.05, 0.1) is 6.54 Å². The van der Waals surface area contributed by atoms with E-state index in [0.717, 1.165) is 0 Å². The van der Waals surface area contributed by atoms with Crippen LogP contribution in [0.3, 0.4) is 0 Å². The van der Waals surface area contributed by atoms with E-state index in [4.69, 9.17) is 10.6 Å². The number of likely N-dealkylation sites (tertiary alicyclic amines) is 1. The molecular formula is C9H13N5O4. The molecule has 1 aliphatic rings. The highest BCUT2D eigenvalue weighted by Crippen LogP contribution is 2.17. The minimum atomic E-state index is -1.14. The highest BCUT2D eigenvalue weighted by molar-refractivity contribution is 5.87. The third-order valence-electron chi connectivity index (χ3n) is 2.47. The zero-order valence-corrected chi connectivity index (χ0v) is 9.57. The molecule has 0 aromatic rings. The van der Waals surface area contributed by atoms with Crippen molar-refractivity contribution < 1.29 is 19.5 Å². The largest absolute Gasteiger partial charge is 0.480 e. The first-order valence-corrected chi connectivity index (χ1v) is 5.30. The second-order valence-corrected chi connectivity index (χ2v) is 3.93. The topological polar surface area (TPSA) is 135 Å². The van der Waals surface area contributed by atoms with Crippen LogP contribution in [0.25, 0.3) is 10.4 Å². The molecule has 1 unspecified atom stereocenters. The first-order valence-electron chi connectivity index (χ1n) is 5.30. The lowest BCUT2D eigenvalue weighted by Gasteiger charge is -2.15. The molecule has 0 aromatic carbocycles. The van der Waals surface area contributed by atoms with Crippen LogP contribution in [0.5, 0.6) is 0 Å². The fraction of sp³-hybridized carbons (Fsp3) is 0.667. The van der Waals surface area contributed by atoms with Crippen molar-refractivity contribution in [2.24, 2.45) is 11.0 Å². The van der Waals surface area contributed by atoms with E-state index >= 15 is 0 Å². The van der Waals surface area contributed by atoms with E-state index in [1.807, 2.05) is 0 Å². The molecule has 1 saturated heterocycles. The highest BCUT2D eigenvalue weighted by atomic mass is 16.4. The molecule has 0 radical (unpaired) electrons. The van der Waals surface area contributed by atoms with E-state index < -0.39 is 18.4 Å². The molecular weight excluding hydrogens is 242 g/mol. The molecule has 0 aliphatic carbocycles. The van der Waals surface area contributed by atoms with Gasteiger partial charge in [-0.15, -0.1) is 0 Å². The summed E-state index contributed by atoms with van der Waals surface area (Å²) in [6.07, 6.45) is 0.241. The molecule has 9 nitrogen and oxygen atoms in total. The standard InChI is InChI=1S/C9H13N5O4/c10-13-12-2-6-1-8(16)14(4-6)5-7(15)11-3-9(17)18/h6H,1-5H2,(H,11,15)(H,17,18). The number of carboxylic acids is 1. The van der Waals surface area contributed by atoms with Crippen molar-refractivity contribution in [3.05, 3.63) is 10.4 Å². The van der Waals surface area contributed by atoms with Gasteiger partial charge in [0.15, 0.2) is 0 Å². The molecule has 9 heteroatoms. The quantitative estimate of drug-likeness (QED) is 0.370. The van der Waals surface area contributed by atoms with Gasteiger partial charge < -0.3 is 15.3 Å². The van der Waals surface area contributed by atoms with E-state index in [1.54, 1.807) is 0 Å². The monoisotopic (exact) mass is 255 g/mol. The van der Waals surface area contributed by atoms with Crippen molar-refractivity contribution >= 4 is 17.8 Å². The van der Waals surface area contributed by atoms with Crippen molar-refractivity contribution in [1.29, 1.82) is 0 Å². The molecule has 2 N–H and O–H groups in total. The molecule has 98 valence electrons. The Kier molecular flexibility index (Phi) is 4.94. The van der Waals surface area contributed by atoms with Crippen LogP contribution in [0, 0.1) is 5.92 Å². The zero-order chi connectivity index (χ0) is 13.5. The average Bonchev–Trinajstić information content (AvgIpc) is 2.65. The summed E-state index contributed by atoms with van der Waals surface area (Å²) >= 11 is 0. The molecule has 1 aliphatic heterocycles. The van der Waals surface area contributed by atoms with Gasteiger partial charge in [-0.05, 0) is 11.4 Å². The van der Waals surface area contributed by atoms with Gasteiger partial charge in [-0.3, -0.25) is 14.4 Å². The summed E-state index contributed by atoms with van der Waals surface area (Å²) < 4.78 is 0. The Morgan fingerprint density at radius 1 is 1.61 bits per heavy atom. The van der Waals surface area contributed by atoms with Gasteiger partial charge in [0.1, 0.15) is 6.54 Å². The summed E-state index contributed by atoms with van der Waals surface area (Å²) in [5, 5.41) is 13.9. The highest BCUT2D eigenvalue weighted by Gasteiger charge is 2.30. The van der Waals surface area contributed by atoms with Gasteiger partial charge in [-0.1, -0.05) is 5.11 Å². The van der Waals surface area contributed by atoms with Gasteiger partial charge in [-0.25, -0.2) is 0 Å². The molecule has 18 heavy (non-hydrogen) atoms.